The first kappa shape index (κ1) is 19.3. The van der Waals surface area contributed by atoms with E-state index in [9.17, 15) is 14.4 Å². The van der Waals surface area contributed by atoms with Crippen molar-refractivity contribution in [3.63, 3.8) is 0 Å². The summed E-state index contributed by atoms with van der Waals surface area (Å²) in [5, 5.41) is 8.94. The van der Waals surface area contributed by atoms with Crippen LogP contribution in [-0.2, 0) is 14.3 Å². The van der Waals surface area contributed by atoms with E-state index in [0.717, 1.165) is 0 Å². The molecule has 136 valence electrons. The van der Waals surface area contributed by atoms with Crippen molar-refractivity contribution in [3.05, 3.63) is 71.3 Å². The predicted octanol–water partition coefficient (Wildman–Crippen LogP) is 1.65. The van der Waals surface area contributed by atoms with Crippen molar-refractivity contribution < 1.29 is 30.0 Å². The molecule has 0 radical (unpaired) electrons. The lowest BCUT2D eigenvalue weighted by molar-refractivity contribution is -0.423. The highest BCUT2D eigenvalue weighted by Crippen LogP contribution is 2.21. The van der Waals surface area contributed by atoms with Gasteiger partial charge in [0.15, 0.2) is 11.9 Å². The normalized spacial score (nSPS) is 14.1. The second-order valence-corrected chi connectivity index (χ2v) is 6.13. The number of quaternary nitrogens is 1. The molecule has 26 heavy (non-hydrogen) atoms. The van der Waals surface area contributed by atoms with Gasteiger partial charge in [0.25, 0.3) is 0 Å². The van der Waals surface area contributed by atoms with Gasteiger partial charge in [-0.2, -0.15) is 0 Å². The minimum Gasteiger partial charge on any atom is -0.477 e. The summed E-state index contributed by atoms with van der Waals surface area (Å²) in [6.45, 7) is 3.14. The lowest BCUT2D eigenvalue weighted by Crippen LogP contribution is -2.70. The highest BCUT2D eigenvalue weighted by Gasteiger charge is 2.29. The molecule has 0 aliphatic carbocycles. The van der Waals surface area contributed by atoms with Gasteiger partial charge in [-0.1, -0.05) is 48.5 Å². The number of carbonyl (C=O) groups is 3. The second kappa shape index (κ2) is 8.40. The average molecular weight is 356 g/mol. The minimum atomic E-state index is -1.13. The number of rotatable bonds is 7. The molecule has 0 bridgehead atoms. The number of esters is 1. The Balaban J connectivity index is 2.15. The summed E-state index contributed by atoms with van der Waals surface area (Å²) in [5.74, 6) is -2.46. The smallest absolute Gasteiger partial charge is 0.366 e. The summed E-state index contributed by atoms with van der Waals surface area (Å²) in [5.41, 5.74) is 5.14. The third-order valence-electron chi connectivity index (χ3n) is 4.22. The van der Waals surface area contributed by atoms with Gasteiger partial charge in [-0.15, -0.1) is 0 Å². The van der Waals surface area contributed by atoms with Crippen LogP contribution in [0.25, 0.3) is 0 Å². The summed E-state index contributed by atoms with van der Waals surface area (Å²) in [6, 6.07) is 14.6. The van der Waals surface area contributed by atoms with Gasteiger partial charge < -0.3 is 15.6 Å². The van der Waals surface area contributed by atoms with E-state index in [1.807, 2.05) is 6.07 Å². The largest absolute Gasteiger partial charge is 0.477 e. The molecule has 0 amide bonds. The Hall–Kier alpha value is -2.99. The maximum Gasteiger partial charge on any atom is 0.366 e. The fourth-order valence-corrected chi connectivity index (χ4v) is 2.41. The topological polar surface area (TPSA) is 108 Å². The number of hydrogen-bond acceptors (Lipinski definition) is 4. The Morgan fingerprint density at radius 1 is 0.962 bits per heavy atom. The standard InChI is InChI=1S/C20H21NO5/c1-12(20(25)26-13(2)17(21)19(23)24)15-9-6-10-16(11-15)18(22)14-7-4-3-5-8-14/h3-13,17H,21H2,1-2H3,(H,23,24)/p+1/t12-,13?,17?/m0/s1. The SMILES string of the molecule is CC(OC(=O)[C@@H](C)c1cccc(C(=O)c2ccccc2)c1)C([NH3+])C(=O)O. The molecule has 4 N–H and O–H groups in total. The molecule has 0 saturated heterocycles. The maximum atomic E-state index is 12.5. The van der Waals surface area contributed by atoms with E-state index >= 15 is 0 Å². The van der Waals surface area contributed by atoms with E-state index in [0.29, 0.717) is 16.7 Å². The molecule has 2 aromatic rings. The van der Waals surface area contributed by atoms with Gasteiger partial charge in [0, 0.05) is 11.1 Å². The van der Waals surface area contributed by atoms with Crippen LogP contribution in [0.3, 0.4) is 0 Å². The van der Waals surface area contributed by atoms with Crippen LogP contribution >= 0.6 is 0 Å². The Kier molecular flexibility index (Phi) is 6.25. The van der Waals surface area contributed by atoms with Crippen LogP contribution in [0.15, 0.2) is 54.6 Å². The van der Waals surface area contributed by atoms with Gasteiger partial charge in [0.2, 0.25) is 6.04 Å². The van der Waals surface area contributed by atoms with Crippen LogP contribution in [-0.4, -0.2) is 35.0 Å². The summed E-state index contributed by atoms with van der Waals surface area (Å²) >= 11 is 0. The molecule has 0 saturated carbocycles. The number of aliphatic carboxylic acids is 1. The lowest BCUT2D eigenvalue weighted by atomic mass is 9.95. The fourth-order valence-electron chi connectivity index (χ4n) is 2.41. The van der Waals surface area contributed by atoms with E-state index in [1.165, 1.54) is 6.92 Å². The van der Waals surface area contributed by atoms with Crippen LogP contribution in [0.2, 0.25) is 0 Å². The zero-order valence-corrected chi connectivity index (χ0v) is 14.7. The molecule has 0 aliphatic rings. The van der Waals surface area contributed by atoms with Crippen LogP contribution in [0.4, 0.5) is 0 Å². The monoisotopic (exact) mass is 356 g/mol. The third kappa shape index (κ3) is 4.55. The molecule has 2 unspecified atom stereocenters. The van der Waals surface area contributed by atoms with Crippen molar-refractivity contribution in [2.45, 2.75) is 31.9 Å². The van der Waals surface area contributed by atoms with Crippen molar-refractivity contribution >= 4 is 17.7 Å². The zero-order chi connectivity index (χ0) is 19.3. The number of hydrogen-bond donors (Lipinski definition) is 2. The number of ketones is 1. The van der Waals surface area contributed by atoms with Crippen LogP contribution in [0.1, 0.15) is 41.3 Å². The first-order valence-corrected chi connectivity index (χ1v) is 8.27. The lowest BCUT2D eigenvalue weighted by Gasteiger charge is -2.18. The number of carboxylic acids is 1. The van der Waals surface area contributed by atoms with E-state index in [4.69, 9.17) is 9.84 Å². The molecule has 2 rings (SSSR count). The van der Waals surface area contributed by atoms with Gasteiger partial charge in [0.05, 0.1) is 5.92 Å². The Labute approximate surface area is 151 Å². The number of carbonyl (C=O) groups excluding carboxylic acids is 2. The highest BCUT2D eigenvalue weighted by molar-refractivity contribution is 6.09. The van der Waals surface area contributed by atoms with Gasteiger partial charge in [-0.25, -0.2) is 4.79 Å². The average Bonchev–Trinajstić information content (AvgIpc) is 2.66. The molecule has 0 heterocycles. The van der Waals surface area contributed by atoms with Gasteiger partial charge in [-0.3, -0.25) is 9.59 Å². The van der Waals surface area contributed by atoms with Crippen LogP contribution in [0.5, 0.6) is 0 Å². The van der Waals surface area contributed by atoms with E-state index in [2.05, 4.69) is 5.73 Å². The summed E-state index contributed by atoms with van der Waals surface area (Å²) in [4.78, 5) is 35.8. The van der Waals surface area contributed by atoms with Crippen LogP contribution < -0.4 is 5.73 Å². The van der Waals surface area contributed by atoms with Crippen molar-refractivity contribution in [3.8, 4) is 0 Å². The van der Waals surface area contributed by atoms with Crippen molar-refractivity contribution in [1.82, 2.24) is 0 Å². The predicted molar refractivity (Wildman–Crippen MR) is 94.6 cm³/mol. The van der Waals surface area contributed by atoms with E-state index in [-0.39, 0.29) is 5.78 Å². The van der Waals surface area contributed by atoms with Crippen molar-refractivity contribution in [2.24, 2.45) is 0 Å². The molecule has 6 heteroatoms. The summed E-state index contributed by atoms with van der Waals surface area (Å²) in [7, 11) is 0. The molecule has 0 spiro atoms. The molecule has 0 aliphatic heterocycles. The van der Waals surface area contributed by atoms with Gasteiger partial charge >= 0.3 is 11.9 Å². The molecule has 0 fully saturated rings. The maximum absolute atomic E-state index is 12.5. The Bertz CT molecular complexity index is 803. The first-order valence-electron chi connectivity index (χ1n) is 8.27. The Morgan fingerprint density at radius 2 is 1.58 bits per heavy atom. The van der Waals surface area contributed by atoms with Crippen LogP contribution in [0, 0.1) is 0 Å². The Morgan fingerprint density at radius 3 is 2.19 bits per heavy atom. The third-order valence-corrected chi connectivity index (χ3v) is 4.22. The highest BCUT2D eigenvalue weighted by atomic mass is 16.5. The van der Waals surface area contributed by atoms with Crippen molar-refractivity contribution in [1.29, 1.82) is 0 Å². The molecule has 2 aromatic carbocycles. The van der Waals surface area contributed by atoms with E-state index in [1.54, 1.807) is 55.5 Å². The van der Waals surface area contributed by atoms with Gasteiger partial charge in [0.1, 0.15) is 0 Å². The minimum absolute atomic E-state index is 0.134. The molecule has 0 aromatic heterocycles. The molecular weight excluding hydrogens is 334 g/mol. The molecule has 3 atom stereocenters. The van der Waals surface area contributed by atoms with Gasteiger partial charge in [-0.05, 0) is 25.5 Å². The number of ether oxygens (including phenoxy) is 1. The molecular formula is C20H22NO5+. The quantitative estimate of drug-likeness (QED) is 0.579. The fraction of sp³-hybridized carbons (Fsp3) is 0.250. The second-order valence-electron chi connectivity index (χ2n) is 6.13. The summed E-state index contributed by atoms with van der Waals surface area (Å²) in [6.07, 6.45) is -0.850. The zero-order valence-electron chi connectivity index (χ0n) is 14.7. The number of carboxylic acid groups (broad SMARTS) is 1. The first-order chi connectivity index (χ1) is 12.3. The summed E-state index contributed by atoms with van der Waals surface area (Å²) < 4.78 is 5.21. The molecule has 6 nitrogen and oxygen atoms in total. The van der Waals surface area contributed by atoms with E-state index < -0.39 is 30.0 Å². The number of benzene rings is 2. The van der Waals surface area contributed by atoms with Crippen molar-refractivity contribution in [2.75, 3.05) is 0 Å².